The van der Waals surface area contributed by atoms with Crippen LogP contribution < -0.4 is 4.90 Å². The molecule has 4 rings (SSSR count). The SMILES string of the molecule is CN1C[C@H](c2ccccc2)CC2(CCN(C(=O)CN(C)c3ccccc3)CC2)C1. The maximum Gasteiger partial charge on any atom is 0.242 e. The van der Waals surface area contributed by atoms with Crippen LogP contribution in [-0.4, -0.2) is 62.5 Å². The Hall–Kier alpha value is -2.33. The first-order valence-corrected chi connectivity index (χ1v) is 10.8. The van der Waals surface area contributed by atoms with E-state index >= 15 is 0 Å². The lowest BCUT2D eigenvalue weighted by atomic mass is 9.68. The molecule has 0 saturated carbocycles. The number of rotatable bonds is 4. The van der Waals surface area contributed by atoms with Gasteiger partial charge in [-0.15, -0.1) is 0 Å². The Bertz CT molecular complexity index is 799. The first kappa shape index (κ1) is 20.0. The summed E-state index contributed by atoms with van der Waals surface area (Å²) in [4.78, 5) is 19.5. The zero-order chi connectivity index (χ0) is 20.3. The summed E-state index contributed by atoms with van der Waals surface area (Å²) in [6.07, 6.45) is 3.47. The molecule has 1 spiro atoms. The van der Waals surface area contributed by atoms with Crippen LogP contribution in [0.1, 0.15) is 30.7 Å². The van der Waals surface area contributed by atoms with E-state index < -0.39 is 0 Å². The van der Waals surface area contributed by atoms with E-state index in [-0.39, 0.29) is 5.91 Å². The van der Waals surface area contributed by atoms with E-state index in [9.17, 15) is 4.79 Å². The van der Waals surface area contributed by atoms with Crippen molar-refractivity contribution < 1.29 is 4.79 Å². The van der Waals surface area contributed by atoms with Gasteiger partial charge in [-0.2, -0.15) is 0 Å². The number of amides is 1. The summed E-state index contributed by atoms with van der Waals surface area (Å²) in [7, 11) is 4.25. The standard InChI is InChI=1S/C25H33N3O/c1-26-18-22(21-9-5-3-6-10-21)17-25(20-26)13-15-28(16-14-25)24(29)19-27(2)23-11-7-4-8-12-23/h3-12,22H,13-20H2,1-2H3/t22-/m1/s1. The predicted molar refractivity (Wildman–Crippen MR) is 119 cm³/mol. The molecule has 154 valence electrons. The number of likely N-dealkylation sites (tertiary alicyclic amines) is 2. The molecule has 29 heavy (non-hydrogen) atoms. The molecule has 0 unspecified atom stereocenters. The van der Waals surface area contributed by atoms with E-state index in [2.05, 4.69) is 59.3 Å². The van der Waals surface area contributed by atoms with Gasteiger partial charge in [-0.05, 0) is 55.3 Å². The molecule has 4 nitrogen and oxygen atoms in total. The fourth-order valence-corrected chi connectivity index (χ4v) is 5.28. The Morgan fingerprint density at radius 3 is 2.31 bits per heavy atom. The lowest BCUT2D eigenvalue weighted by Gasteiger charge is -2.49. The van der Waals surface area contributed by atoms with Crippen molar-refractivity contribution in [2.24, 2.45) is 5.41 Å². The van der Waals surface area contributed by atoms with Gasteiger partial charge in [0, 0.05) is 38.9 Å². The first-order chi connectivity index (χ1) is 14.0. The second-order valence-corrected chi connectivity index (χ2v) is 9.08. The number of benzene rings is 2. The van der Waals surface area contributed by atoms with Crippen LogP contribution in [0.3, 0.4) is 0 Å². The van der Waals surface area contributed by atoms with Crippen molar-refractivity contribution in [2.45, 2.75) is 25.2 Å². The summed E-state index contributed by atoms with van der Waals surface area (Å²) in [5.74, 6) is 0.844. The summed E-state index contributed by atoms with van der Waals surface area (Å²) in [5.41, 5.74) is 2.89. The van der Waals surface area contributed by atoms with Gasteiger partial charge in [-0.1, -0.05) is 48.5 Å². The molecule has 0 radical (unpaired) electrons. The van der Waals surface area contributed by atoms with Crippen LogP contribution in [0, 0.1) is 5.41 Å². The molecule has 0 N–H and O–H groups in total. The molecule has 1 amide bonds. The molecule has 2 aromatic rings. The summed E-state index contributed by atoms with van der Waals surface area (Å²) >= 11 is 0. The van der Waals surface area contributed by atoms with Crippen LogP contribution in [0.25, 0.3) is 0 Å². The zero-order valence-electron chi connectivity index (χ0n) is 17.8. The molecule has 2 fully saturated rings. The molecule has 2 saturated heterocycles. The summed E-state index contributed by atoms with van der Waals surface area (Å²) < 4.78 is 0. The number of hydrogen-bond donors (Lipinski definition) is 0. The van der Waals surface area contributed by atoms with Crippen LogP contribution in [0.4, 0.5) is 5.69 Å². The van der Waals surface area contributed by atoms with Crippen molar-refractivity contribution in [2.75, 3.05) is 51.7 Å². The van der Waals surface area contributed by atoms with Crippen molar-refractivity contribution >= 4 is 11.6 Å². The maximum atomic E-state index is 12.9. The van der Waals surface area contributed by atoms with Gasteiger partial charge >= 0.3 is 0 Å². The molecule has 0 bridgehead atoms. The topological polar surface area (TPSA) is 26.8 Å². The highest BCUT2D eigenvalue weighted by Crippen LogP contribution is 2.44. The Balaban J connectivity index is 1.36. The molecule has 0 aliphatic carbocycles. The highest BCUT2D eigenvalue weighted by molar-refractivity contribution is 5.81. The summed E-state index contributed by atoms with van der Waals surface area (Å²) in [6.45, 7) is 4.51. The average Bonchev–Trinajstić information content (AvgIpc) is 2.75. The van der Waals surface area contributed by atoms with Crippen LogP contribution in [0.2, 0.25) is 0 Å². The molecule has 2 aliphatic heterocycles. The predicted octanol–water partition coefficient (Wildman–Crippen LogP) is 3.85. The number of hydrogen-bond acceptors (Lipinski definition) is 3. The Kier molecular flexibility index (Phi) is 5.91. The number of anilines is 1. The van der Waals surface area contributed by atoms with Crippen molar-refractivity contribution in [3.8, 4) is 0 Å². The van der Waals surface area contributed by atoms with Crippen LogP contribution in [-0.2, 0) is 4.79 Å². The van der Waals surface area contributed by atoms with Gasteiger partial charge in [-0.3, -0.25) is 4.79 Å². The second kappa shape index (κ2) is 8.58. The Morgan fingerprint density at radius 1 is 1.03 bits per heavy atom. The quantitative estimate of drug-likeness (QED) is 0.792. The molecule has 2 heterocycles. The Morgan fingerprint density at radius 2 is 1.66 bits per heavy atom. The molecular weight excluding hydrogens is 358 g/mol. The highest BCUT2D eigenvalue weighted by atomic mass is 16.2. The Labute approximate surface area is 175 Å². The second-order valence-electron chi connectivity index (χ2n) is 9.08. The van der Waals surface area contributed by atoms with E-state index in [1.807, 2.05) is 30.1 Å². The molecule has 0 aromatic heterocycles. The van der Waals surface area contributed by atoms with Gasteiger partial charge in [-0.25, -0.2) is 0 Å². The first-order valence-electron chi connectivity index (χ1n) is 10.8. The third-order valence-corrected chi connectivity index (χ3v) is 6.83. The van der Waals surface area contributed by atoms with Gasteiger partial charge < -0.3 is 14.7 Å². The molecular formula is C25H33N3O. The van der Waals surface area contributed by atoms with Crippen LogP contribution in [0.15, 0.2) is 60.7 Å². The fourth-order valence-electron chi connectivity index (χ4n) is 5.28. The number of carbonyl (C=O) groups excluding carboxylic acids is 1. The number of nitrogens with zero attached hydrogens (tertiary/aromatic N) is 3. The maximum absolute atomic E-state index is 12.9. The van der Waals surface area contributed by atoms with Crippen molar-refractivity contribution in [3.05, 3.63) is 66.2 Å². The van der Waals surface area contributed by atoms with E-state index in [1.165, 1.54) is 12.0 Å². The van der Waals surface area contributed by atoms with Crippen LogP contribution >= 0.6 is 0 Å². The zero-order valence-corrected chi connectivity index (χ0v) is 17.8. The molecule has 2 aliphatic rings. The van der Waals surface area contributed by atoms with Crippen molar-refractivity contribution in [1.82, 2.24) is 9.80 Å². The van der Waals surface area contributed by atoms with E-state index in [0.717, 1.165) is 44.7 Å². The number of piperidine rings is 2. The summed E-state index contributed by atoms with van der Waals surface area (Å²) in [5, 5.41) is 0. The largest absolute Gasteiger partial charge is 0.365 e. The third kappa shape index (κ3) is 4.64. The van der Waals surface area contributed by atoms with Gasteiger partial charge in [0.25, 0.3) is 0 Å². The smallest absolute Gasteiger partial charge is 0.242 e. The van der Waals surface area contributed by atoms with Crippen LogP contribution in [0.5, 0.6) is 0 Å². The third-order valence-electron chi connectivity index (χ3n) is 6.83. The van der Waals surface area contributed by atoms with E-state index in [0.29, 0.717) is 17.9 Å². The lowest BCUT2D eigenvalue weighted by molar-refractivity contribution is -0.132. The van der Waals surface area contributed by atoms with Gasteiger partial charge in [0.05, 0.1) is 6.54 Å². The molecule has 1 atom stereocenters. The average molecular weight is 392 g/mol. The van der Waals surface area contributed by atoms with Crippen molar-refractivity contribution in [1.29, 1.82) is 0 Å². The fraction of sp³-hybridized carbons (Fsp3) is 0.480. The summed E-state index contributed by atoms with van der Waals surface area (Å²) in [6, 6.07) is 21.1. The number of carbonyl (C=O) groups is 1. The van der Waals surface area contributed by atoms with Gasteiger partial charge in [0.2, 0.25) is 5.91 Å². The normalized spacial score (nSPS) is 21.9. The van der Waals surface area contributed by atoms with Gasteiger partial charge in [0.1, 0.15) is 0 Å². The highest BCUT2D eigenvalue weighted by Gasteiger charge is 2.42. The lowest BCUT2D eigenvalue weighted by Crippen LogP contribution is -2.52. The minimum Gasteiger partial charge on any atom is -0.365 e. The minimum atomic E-state index is 0.245. The number of para-hydroxylation sites is 1. The van der Waals surface area contributed by atoms with E-state index in [4.69, 9.17) is 0 Å². The number of likely N-dealkylation sites (N-methyl/N-ethyl adjacent to an activating group) is 2. The molecule has 4 heteroatoms. The monoisotopic (exact) mass is 391 g/mol. The van der Waals surface area contributed by atoms with Gasteiger partial charge in [0.15, 0.2) is 0 Å². The minimum absolute atomic E-state index is 0.245. The molecule has 2 aromatic carbocycles. The van der Waals surface area contributed by atoms with E-state index in [1.54, 1.807) is 0 Å². The van der Waals surface area contributed by atoms with Crippen molar-refractivity contribution in [3.63, 3.8) is 0 Å².